The largest absolute Gasteiger partial charge is 0.388 e. The fraction of sp³-hybridized carbons (Fsp3) is 1.00. The highest BCUT2D eigenvalue weighted by Crippen LogP contribution is 2.20. The van der Waals surface area contributed by atoms with E-state index < -0.39 is 12.4 Å². The first-order valence-corrected chi connectivity index (χ1v) is 3.69. The molecule has 4 heteroatoms. The Morgan fingerprint density at radius 2 is 2.09 bits per heavy atom. The fourth-order valence-corrected chi connectivity index (χ4v) is 1.26. The molecule has 11 heavy (non-hydrogen) atoms. The molecule has 2 N–H and O–H groups in total. The molecule has 1 aliphatic rings. The molecule has 1 heterocycles. The summed E-state index contributed by atoms with van der Waals surface area (Å²) < 4.78 is 9.91. The molecule has 0 aliphatic carbocycles. The predicted octanol–water partition coefficient (Wildman–Crippen LogP) is -0.510. The van der Waals surface area contributed by atoms with Gasteiger partial charge in [0.15, 0.2) is 6.29 Å². The van der Waals surface area contributed by atoms with Gasteiger partial charge in [-0.05, 0) is 6.92 Å². The van der Waals surface area contributed by atoms with E-state index in [1.54, 1.807) is 6.92 Å². The molecule has 1 saturated heterocycles. The number of aliphatic hydroxyl groups excluding tert-OH is 2. The molecule has 1 fully saturated rings. The first kappa shape index (κ1) is 8.93. The zero-order valence-corrected chi connectivity index (χ0v) is 6.73. The standard InChI is InChI=1S/C7H14O4/c1-4-7(9)5(10-2)3-6(8)11-4/h4-9H,3H2,1-2H3/t4?,5-,6-,7+/m1/s1. The van der Waals surface area contributed by atoms with E-state index in [1.165, 1.54) is 7.11 Å². The molecule has 0 amide bonds. The lowest BCUT2D eigenvalue weighted by Crippen LogP contribution is -2.47. The van der Waals surface area contributed by atoms with Crippen molar-refractivity contribution in [2.45, 2.75) is 37.9 Å². The lowest BCUT2D eigenvalue weighted by molar-refractivity contribution is -0.231. The third-order valence-electron chi connectivity index (χ3n) is 1.97. The molecule has 0 aromatic heterocycles. The highest BCUT2D eigenvalue weighted by Gasteiger charge is 2.34. The first-order valence-electron chi connectivity index (χ1n) is 3.69. The Kier molecular flexibility index (Phi) is 2.84. The average Bonchev–Trinajstić information content (AvgIpc) is 1.96. The van der Waals surface area contributed by atoms with E-state index in [9.17, 15) is 5.11 Å². The van der Waals surface area contributed by atoms with Gasteiger partial charge in [-0.25, -0.2) is 0 Å². The quantitative estimate of drug-likeness (QED) is 0.545. The third kappa shape index (κ3) is 1.90. The molecule has 1 rings (SSSR count). The van der Waals surface area contributed by atoms with Gasteiger partial charge in [0.1, 0.15) is 6.10 Å². The van der Waals surface area contributed by atoms with Gasteiger partial charge in [-0.15, -0.1) is 0 Å². The Bertz CT molecular complexity index is 128. The molecule has 0 spiro atoms. The molecule has 1 unspecified atom stereocenters. The number of ether oxygens (including phenoxy) is 2. The minimum atomic E-state index is -0.807. The van der Waals surface area contributed by atoms with Gasteiger partial charge in [-0.3, -0.25) is 0 Å². The van der Waals surface area contributed by atoms with E-state index in [1.807, 2.05) is 0 Å². The topological polar surface area (TPSA) is 58.9 Å². The summed E-state index contributed by atoms with van der Waals surface area (Å²) in [7, 11) is 1.51. The molecule has 0 bridgehead atoms. The van der Waals surface area contributed by atoms with Gasteiger partial charge < -0.3 is 19.7 Å². The first-order chi connectivity index (χ1) is 5.15. The van der Waals surface area contributed by atoms with Gasteiger partial charge in [0.05, 0.1) is 12.2 Å². The third-order valence-corrected chi connectivity index (χ3v) is 1.97. The van der Waals surface area contributed by atoms with Crippen LogP contribution in [-0.2, 0) is 9.47 Å². The molecule has 0 aromatic carbocycles. The van der Waals surface area contributed by atoms with Gasteiger partial charge in [-0.1, -0.05) is 0 Å². The SMILES string of the molecule is CO[C@@H]1C[C@H](O)OC(C)[C@@H]1O. The maximum Gasteiger partial charge on any atom is 0.157 e. The number of methoxy groups -OCH3 is 1. The molecule has 4 nitrogen and oxygen atoms in total. The second kappa shape index (κ2) is 3.49. The normalized spacial score (nSPS) is 45.8. The monoisotopic (exact) mass is 162 g/mol. The van der Waals surface area contributed by atoms with Crippen LogP contribution in [0.1, 0.15) is 13.3 Å². The maximum absolute atomic E-state index is 9.39. The van der Waals surface area contributed by atoms with Crippen LogP contribution in [0.15, 0.2) is 0 Å². The molecular weight excluding hydrogens is 148 g/mol. The Hall–Kier alpha value is -0.160. The Balaban J connectivity index is 2.51. The maximum atomic E-state index is 9.39. The van der Waals surface area contributed by atoms with Gasteiger partial charge in [0.25, 0.3) is 0 Å². The fourth-order valence-electron chi connectivity index (χ4n) is 1.26. The number of aliphatic hydroxyl groups is 2. The summed E-state index contributed by atoms with van der Waals surface area (Å²) >= 11 is 0. The van der Waals surface area contributed by atoms with Crippen molar-refractivity contribution in [3.8, 4) is 0 Å². The number of hydrogen-bond acceptors (Lipinski definition) is 4. The van der Waals surface area contributed by atoms with Crippen LogP contribution in [0.25, 0.3) is 0 Å². The van der Waals surface area contributed by atoms with E-state index in [0.29, 0.717) is 6.42 Å². The Morgan fingerprint density at radius 1 is 1.45 bits per heavy atom. The Morgan fingerprint density at radius 3 is 2.64 bits per heavy atom. The predicted molar refractivity (Wildman–Crippen MR) is 38.0 cm³/mol. The highest BCUT2D eigenvalue weighted by atomic mass is 16.6. The van der Waals surface area contributed by atoms with Crippen molar-refractivity contribution in [2.75, 3.05) is 7.11 Å². The number of rotatable bonds is 1. The van der Waals surface area contributed by atoms with Gasteiger partial charge in [0, 0.05) is 13.5 Å². The molecule has 0 saturated carbocycles. The minimum absolute atomic E-state index is 0.311. The van der Waals surface area contributed by atoms with Gasteiger partial charge >= 0.3 is 0 Å². The summed E-state index contributed by atoms with van der Waals surface area (Å²) in [5, 5.41) is 18.5. The second-order valence-electron chi connectivity index (χ2n) is 2.80. The smallest absolute Gasteiger partial charge is 0.157 e. The molecule has 4 atom stereocenters. The van der Waals surface area contributed by atoms with Crippen LogP contribution in [0.4, 0.5) is 0 Å². The zero-order chi connectivity index (χ0) is 8.43. The molecule has 0 radical (unpaired) electrons. The van der Waals surface area contributed by atoms with Crippen LogP contribution in [0.2, 0.25) is 0 Å². The van der Waals surface area contributed by atoms with Crippen LogP contribution in [0.3, 0.4) is 0 Å². The van der Waals surface area contributed by atoms with E-state index >= 15 is 0 Å². The Labute approximate surface area is 65.7 Å². The molecule has 66 valence electrons. The summed E-state index contributed by atoms with van der Waals surface area (Å²) in [6.45, 7) is 1.71. The van der Waals surface area contributed by atoms with Crippen LogP contribution >= 0.6 is 0 Å². The highest BCUT2D eigenvalue weighted by molar-refractivity contribution is 4.80. The lowest BCUT2D eigenvalue weighted by atomic mass is 10.0. The van der Waals surface area contributed by atoms with Crippen molar-refractivity contribution >= 4 is 0 Å². The van der Waals surface area contributed by atoms with Crippen molar-refractivity contribution in [3.05, 3.63) is 0 Å². The summed E-state index contributed by atoms with van der Waals surface area (Å²) in [6, 6.07) is 0. The van der Waals surface area contributed by atoms with Gasteiger partial charge in [0.2, 0.25) is 0 Å². The van der Waals surface area contributed by atoms with Gasteiger partial charge in [-0.2, -0.15) is 0 Å². The van der Waals surface area contributed by atoms with E-state index in [2.05, 4.69) is 0 Å². The summed E-state index contributed by atoms with van der Waals surface area (Å²) in [5.41, 5.74) is 0. The molecular formula is C7H14O4. The van der Waals surface area contributed by atoms with Crippen molar-refractivity contribution in [3.63, 3.8) is 0 Å². The van der Waals surface area contributed by atoms with Crippen LogP contribution in [0.5, 0.6) is 0 Å². The van der Waals surface area contributed by atoms with Crippen LogP contribution in [0, 0.1) is 0 Å². The van der Waals surface area contributed by atoms with Crippen molar-refractivity contribution in [1.29, 1.82) is 0 Å². The second-order valence-corrected chi connectivity index (χ2v) is 2.80. The average molecular weight is 162 g/mol. The summed E-state index contributed by atoms with van der Waals surface area (Å²) in [4.78, 5) is 0. The van der Waals surface area contributed by atoms with Crippen LogP contribution in [-0.4, -0.2) is 41.9 Å². The summed E-state index contributed by atoms with van der Waals surface area (Å²) in [6.07, 6.45) is -1.78. The van der Waals surface area contributed by atoms with Crippen molar-refractivity contribution in [1.82, 2.24) is 0 Å². The lowest BCUT2D eigenvalue weighted by Gasteiger charge is -2.34. The van der Waals surface area contributed by atoms with Crippen molar-refractivity contribution < 1.29 is 19.7 Å². The van der Waals surface area contributed by atoms with E-state index in [4.69, 9.17) is 14.6 Å². The van der Waals surface area contributed by atoms with Crippen molar-refractivity contribution in [2.24, 2.45) is 0 Å². The minimum Gasteiger partial charge on any atom is -0.388 e. The van der Waals surface area contributed by atoms with Crippen LogP contribution < -0.4 is 0 Å². The molecule has 0 aromatic rings. The zero-order valence-electron chi connectivity index (χ0n) is 6.73. The van der Waals surface area contributed by atoms with E-state index in [0.717, 1.165) is 0 Å². The summed E-state index contributed by atoms with van der Waals surface area (Å²) in [5.74, 6) is 0. The molecule has 1 aliphatic heterocycles. The number of hydrogen-bond donors (Lipinski definition) is 2. The van der Waals surface area contributed by atoms with E-state index in [-0.39, 0.29) is 12.2 Å².